The van der Waals surface area contributed by atoms with Crippen LogP contribution in [0.25, 0.3) is 43.6 Å². The summed E-state index contributed by atoms with van der Waals surface area (Å²) in [6, 6.07) is 35.3. The average Bonchev–Trinajstić information content (AvgIpc) is 1.74. The number of aryl methyl sites for hydroxylation is 1. The van der Waals surface area contributed by atoms with E-state index < -0.39 is 114 Å². The summed E-state index contributed by atoms with van der Waals surface area (Å²) in [4.78, 5) is 115. The minimum Gasteiger partial charge on any atom is -0.493 e. The molecule has 5 heterocycles. The number of ketones is 4. The van der Waals surface area contributed by atoms with Gasteiger partial charge in [-0.2, -0.15) is 4.98 Å². The molecule has 37 nitrogen and oxygen atoms in total. The minimum atomic E-state index is -1.38. The number of ether oxygens (including phenoxy) is 6. The summed E-state index contributed by atoms with van der Waals surface area (Å²) in [6.07, 6.45) is -3.31. The molecule has 5 aromatic carbocycles. The number of aliphatic hydroxyl groups excluding tert-OH is 9. The molecule has 1 amide bonds. The Labute approximate surface area is 841 Å². The Morgan fingerprint density at radius 3 is 1.22 bits per heavy atom. The number of para-hydroxylation sites is 3. The largest absolute Gasteiger partial charge is 0.493 e. The Morgan fingerprint density at radius 2 is 0.840 bits per heavy atom. The second-order valence-corrected chi connectivity index (χ2v) is 40.8. The lowest BCUT2D eigenvalue weighted by Gasteiger charge is -2.32. The Kier molecular flexibility index (Phi) is 46.4. The van der Waals surface area contributed by atoms with Crippen LogP contribution in [0.5, 0.6) is 5.75 Å². The fourth-order valence-corrected chi connectivity index (χ4v) is 16.3. The normalized spacial score (nSPS) is 15.7. The number of Topliss-reactive ketones (excluding diaryl/α,β-unsaturated/α-hetero) is 4. The van der Waals surface area contributed by atoms with Gasteiger partial charge in [-0.1, -0.05) is 189 Å². The molecule has 14 N–H and O–H groups in total. The zero-order valence-electron chi connectivity index (χ0n) is 87.4. The highest BCUT2D eigenvalue weighted by Gasteiger charge is 2.41. The van der Waals surface area contributed by atoms with Crippen molar-refractivity contribution in [1.82, 2.24) is 35.4 Å². The maximum atomic E-state index is 14.2. The molecule has 0 aliphatic carbocycles. The van der Waals surface area contributed by atoms with Crippen molar-refractivity contribution in [3.8, 4) is 5.75 Å². The van der Waals surface area contributed by atoms with E-state index in [2.05, 4.69) is 56.0 Å². The van der Waals surface area contributed by atoms with Crippen molar-refractivity contribution in [3.05, 3.63) is 185 Å². The number of aliphatic hydroxyl groups is 9. The summed E-state index contributed by atoms with van der Waals surface area (Å²) in [5.74, 6) is -1.60. The smallest absolute Gasteiger partial charge is 0.337 e. The number of carbonyl (C=O) groups excluding carboxylic acids is 6. The number of rotatable bonds is 50. The average molecular weight is 2010 g/mol. The van der Waals surface area contributed by atoms with Crippen LogP contribution in [0.3, 0.4) is 0 Å². The Bertz CT molecular complexity index is 5850. The van der Waals surface area contributed by atoms with E-state index in [1.54, 1.807) is 25.1 Å². The van der Waals surface area contributed by atoms with Gasteiger partial charge >= 0.3 is 5.97 Å². The second kappa shape index (κ2) is 56.0. The van der Waals surface area contributed by atoms with Crippen molar-refractivity contribution in [2.75, 3.05) is 75.2 Å². The third-order valence-electron chi connectivity index (χ3n) is 23.5. The van der Waals surface area contributed by atoms with Gasteiger partial charge in [-0.05, 0) is 157 Å². The lowest BCUT2D eigenvalue weighted by molar-refractivity contribution is -0.132. The topological polar surface area (TPSA) is 540 Å². The van der Waals surface area contributed by atoms with Crippen molar-refractivity contribution in [3.63, 3.8) is 0 Å². The van der Waals surface area contributed by atoms with Crippen LogP contribution in [-0.2, 0) is 99.1 Å². The maximum absolute atomic E-state index is 14.2. The molecule has 0 radical (unpaired) electrons. The van der Waals surface area contributed by atoms with Gasteiger partial charge in [0.25, 0.3) is 0 Å². The van der Waals surface area contributed by atoms with Crippen molar-refractivity contribution < 1.29 is 127 Å². The van der Waals surface area contributed by atoms with Crippen LogP contribution in [0.1, 0.15) is 193 Å². The van der Waals surface area contributed by atoms with Crippen LogP contribution in [0.15, 0.2) is 165 Å². The molecule has 0 aliphatic heterocycles. The van der Waals surface area contributed by atoms with Crippen molar-refractivity contribution in [1.29, 1.82) is 0 Å². The minimum absolute atomic E-state index is 0.00827. The van der Waals surface area contributed by atoms with E-state index in [4.69, 9.17) is 52.3 Å². The first kappa shape index (κ1) is 119. The lowest BCUT2D eigenvalue weighted by Crippen LogP contribution is -2.46. The van der Waals surface area contributed by atoms with Crippen LogP contribution in [0, 0.1) is 46.3 Å². The summed E-state index contributed by atoms with van der Waals surface area (Å²) in [5, 5.41) is 118. The first-order valence-electron chi connectivity index (χ1n) is 48.1. The number of aromatic nitrogens is 6. The summed E-state index contributed by atoms with van der Waals surface area (Å²) in [6.45, 7) is 33.2. The van der Waals surface area contributed by atoms with Gasteiger partial charge in [-0.15, -0.1) is 0 Å². The number of hydrogen-bond donors (Lipinski definition) is 14. The van der Waals surface area contributed by atoms with Crippen molar-refractivity contribution in [2.24, 2.45) is 60.0 Å². The van der Waals surface area contributed by atoms with Crippen molar-refractivity contribution >= 4 is 101 Å². The van der Waals surface area contributed by atoms with E-state index in [-0.39, 0.29) is 134 Å². The molecule has 0 spiro atoms. The molecule has 790 valence electrons. The Hall–Kier alpha value is -11.8. The van der Waals surface area contributed by atoms with Crippen LogP contribution >= 0.6 is 0 Å². The summed E-state index contributed by atoms with van der Waals surface area (Å²) >= 11 is 0. The summed E-state index contributed by atoms with van der Waals surface area (Å²) in [5.41, 5.74) is 7.29. The first-order valence-corrected chi connectivity index (χ1v) is 48.1. The summed E-state index contributed by atoms with van der Waals surface area (Å²) in [7, 11) is 7.23. The number of oxime groups is 4. The fourth-order valence-electron chi connectivity index (χ4n) is 16.3. The van der Waals surface area contributed by atoms with E-state index in [0.29, 0.717) is 42.1 Å². The number of amides is 1. The molecule has 15 atom stereocenters. The molecule has 0 saturated carbocycles. The highest BCUT2D eigenvalue weighted by atomic mass is 16.6. The van der Waals surface area contributed by atoms with Crippen LogP contribution in [0.4, 0.5) is 0 Å². The zero-order valence-corrected chi connectivity index (χ0v) is 87.4. The van der Waals surface area contributed by atoms with Gasteiger partial charge in [0.15, 0.2) is 55.4 Å². The Morgan fingerprint density at radius 1 is 0.444 bits per heavy atom. The molecule has 0 fully saturated rings. The standard InChI is InChI=1S/C37H46N6O7.C25H39NO8.C24H36N2O6.C21H30N2O5/c1-21(44)33(46)32(34(48-6)37(3,4)5)43-49-20-26(45)16-23(15-24-18-38-29-13-9-7-11-27(24)29)35(47)41-31(36-40-22(2)42-50-36)17-25-19-39-30-14-10-8-12-28(25)30;1-15(2)13-33-20-12-18(24(30)32-8)10-9-17(20)11-19(28)14-34-26-21(22(29)16(3)27)23(31-7)25(4,5)6;1-15(28)22(30)21(23(31-5)24(2,3)4)26-32-14-18(29)11-16(13-27)10-17-12-25-20-9-7-6-8-19(17)20;1-13(24)19(26)18(20(27-5)21(2,3)4)23-28-12-16(25)11-14-6-7-17-15(10-14)8-9-22-17/h7-14,18-19,21,23,31,33-34,38-39,44,46H,15-17,20H2,1-6H3,(H,41,47);9-10,12,15-16,22-23,27,29H,11,13-14H2,1-8H3;6-9,12,15-16,22-23,25,27-28,30H,10-11,13-14H2,1-5H3;6-10,13,19-20,22,24,26H,11-12H2,1-5H3/b43-32+;2*26-21+;23-18+/t21-,23-,31+,33+,34-;16-,22+,23-;15-,16-,22+,23-;13-,19+,20-/m1111/s1. The quantitative estimate of drug-likeness (QED) is 0.00956. The molecule has 0 aliphatic rings. The molecular formula is C107H151N11O26. The number of fused-ring (bicyclic) bond motifs is 4. The van der Waals surface area contributed by atoms with E-state index in [0.717, 1.165) is 65.9 Å². The predicted octanol–water partition coefficient (Wildman–Crippen LogP) is 12.4. The molecular weight excluding hydrogens is 1860 g/mol. The molecule has 10 rings (SSSR count). The predicted molar refractivity (Wildman–Crippen MR) is 548 cm³/mol. The highest BCUT2D eigenvalue weighted by Crippen LogP contribution is 2.34. The Balaban J connectivity index is 0.000000268. The SMILES string of the molecule is COC(=O)c1ccc(CC(=O)CO/N=C(\[C@@H](O)[C@@H](C)O)[C@@H](OC)C(C)(C)C)c(OCC(C)C)c1.CO[C@H](/C(=N/OCC(=O)C[C@@H](Cc1c[nH]c2ccccc12)C(=O)N[C@@H](Cc1c[nH]c2ccccc12)c1nc(C)no1)[C@@H](O)[C@@H](C)O)C(C)(C)C.CO[C@H](/C(=N/OCC(=O)C[C@H](CO)Cc1c[nH]c2ccccc12)[C@@H](O)[C@@H](C)O)C(C)(C)C.CO[C@H](/C(=N/OCC(=O)Cc1ccc2[nH]ccc2c1)[C@@H](O)[C@@H](C)O)C(C)(C)C. The fraction of sp³-hybridized carbons (Fsp3) is 0.533. The van der Waals surface area contributed by atoms with Gasteiger partial charge in [0.05, 0.1) is 43.7 Å². The van der Waals surface area contributed by atoms with E-state index in [1.165, 1.54) is 63.2 Å². The van der Waals surface area contributed by atoms with Gasteiger partial charge in [-0.3, -0.25) is 24.0 Å². The first-order chi connectivity index (χ1) is 67.9. The van der Waals surface area contributed by atoms with Crippen LogP contribution < -0.4 is 10.1 Å². The number of H-pyrrole nitrogens is 4. The number of benzene rings is 5. The van der Waals surface area contributed by atoms with Crippen molar-refractivity contribution in [2.45, 2.75) is 256 Å². The van der Waals surface area contributed by atoms with Gasteiger partial charge in [0, 0.05) is 142 Å². The number of nitrogens with zero attached hydrogens (tertiary/aromatic N) is 6. The van der Waals surface area contributed by atoms with Gasteiger partial charge in [0.1, 0.15) is 83.5 Å². The molecule has 10 aromatic rings. The van der Waals surface area contributed by atoms with Crippen LogP contribution in [0.2, 0.25) is 0 Å². The number of carbonyl (C=O) groups is 6. The van der Waals surface area contributed by atoms with Gasteiger partial charge in [0.2, 0.25) is 11.8 Å². The number of hydrogen-bond acceptors (Lipinski definition) is 32. The zero-order chi connectivity index (χ0) is 107. The molecule has 144 heavy (non-hydrogen) atoms. The van der Waals surface area contributed by atoms with E-state index in [1.807, 2.05) is 219 Å². The molecule has 0 bridgehead atoms. The number of nitrogens with one attached hydrogen (secondary N) is 5. The third-order valence-corrected chi connectivity index (χ3v) is 23.5. The third kappa shape index (κ3) is 35.8. The van der Waals surface area contributed by atoms with E-state index in [9.17, 15) is 74.7 Å². The van der Waals surface area contributed by atoms with Crippen LogP contribution in [-0.4, -0.2) is 282 Å². The number of aromatic amines is 4. The molecule has 0 unspecified atom stereocenters. The highest BCUT2D eigenvalue weighted by molar-refractivity contribution is 5.97. The lowest BCUT2D eigenvalue weighted by atomic mass is 9.83. The maximum Gasteiger partial charge on any atom is 0.337 e. The molecule has 37 heteroatoms. The molecule has 5 aromatic heterocycles. The monoisotopic (exact) mass is 2010 g/mol. The number of esters is 1. The van der Waals surface area contributed by atoms with Gasteiger partial charge in [-0.25, -0.2) is 4.79 Å². The molecule has 0 saturated heterocycles. The second-order valence-electron chi connectivity index (χ2n) is 40.8. The van der Waals surface area contributed by atoms with E-state index >= 15 is 0 Å². The number of methoxy groups -OCH3 is 5. The van der Waals surface area contributed by atoms with Gasteiger partial charge < -0.3 is 124 Å². The summed E-state index contributed by atoms with van der Waals surface area (Å²) < 4.78 is 38.1.